The van der Waals surface area contributed by atoms with Crippen LogP contribution in [0.15, 0.2) is 59.9 Å². The second kappa shape index (κ2) is 6.48. The molecule has 6 nitrogen and oxygen atoms in total. The molecule has 1 N–H and O–H groups in total. The van der Waals surface area contributed by atoms with Crippen LogP contribution in [0.5, 0.6) is 0 Å². The number of rotatable bonds is 4. The third kappa shape index (κ3) is 3.20. The second-order valence-corrected chi connectivity index (χ2v) is 5.43. The van der Waals surface area contributed by atoms with Crippen molar-refractivity contribution < 1.29 is 4.79 Å². The fourth-order valence-electron chi connectivity index (χ4n) is 1.96. The number of amides is 1. The fraction of sp³-hybridized carbons (Fsp3) is 0.0667. The molecular formula is C15H12BrN5O. The van der Waals surface area contributed by atoms with Gasteiger partial charge >= 0.3 is 0 Å². The van der Waals surface area contributed by atoms with Crippen LogP contribution in [0, 0.1) is 0 Å². The maximum Gasteiger partial charge on any atom is 0.252 e. The van der Waals surface area contributed by atoms with Gasteiger partial charge in [-0.15, -0.1) is 10.2 Å². The zero-order valence-corrected chi connectivity index (χ0v) is 13.1. The monoisotopic (exact) mass is 357 g/mol. The molecule has 0 saturated heterocycles. The van der Waals surface area contributed by atoms with Crippen LogP contribution >= 0.6 is 15.9 Å². The van der Waals surface area contributed by atoms with E-state index in [2.05, 4.69) is 36.4 Å². The molecule has 0 atom stereocenters. The van der Waals surface area contributed by atoms with Crippen molar-refractivity contribution in [2.45, 2.75) is 6.54 Å². The summed E-state index contributed by atoms with van der Waals surface area (Å²) in [5.74, 6) is -0.161. The van der Waals surface area contributed by atoms with Gasteiger partial charge in [0, 0.05) is 29.1 Å². The average Bonchev–Trinajstić information content (AvgIpc) is 3.08. The van der Waals surface area contributed by atoms with Gasteiger partial charge in [0.05, 0.1) is 5.56 Å². The van der Waals surface area contributed by atoms with Gasteiger partial charge in [-0.05, 0) is 45.8 Å². The molecule has 7 heteroatoms. The molecule has 0 aliphatic carbocycles. The lowest BCUT2D eigenvalue weighted by atomic mass is 10.2. The van der Waals surface area contributed by atoms with Crippen molar-refractivity contribution in [3.63, 3.8) is 0 Å². The summed E-state index contributed by atoms with van der Waals surface area (Å²) >= 11 is 3.41. The Bertz CT molecular complexity index is 774. The van der Waals surface area contributed by atoms with Crippen LogP contribution in [0.3, 0.4) is 0 Å². The molecule has 3 rings (SSSR count). The SMILES string of the molecule is O=C(NCc1cccnc1)c1cc(-n2cnnc2)ccc1Br. The van der Waals surface area contributed by atoms with Gasteiger partial charge < -0.3 is 5.32 Å². The summed E-state index contributed by atoms with van der Waals surface area (Å²) in [7, 11) is 0. The summed E-state index contributed by atoms with van der Waals surface area (Å²) in [6.07, 6.45) is 6.59. The van der Waals surface area contributed by atoms with Gasteiger partial charge in [-0.1, -0.05) is 6.07 Å². The predicted octanol–water partition coefficient (Wildman–Crippen LogP) is 2.35. The van der Waals surface area contributed by atoms with E-state index in [9.17, 15) is 4.79 Å². The number of benzene rings is 1. The number of carbonyl (C=O) groups is 1. The van der Waals surface area contributed by atoms with Crippen molar-refractivity contribution in [2.24, 2.45) is 0 Å². The largest absolute Gasteiger partial charge is 0.348 e. The lowest BCUT2D eigenvalue weighted by Gasteiger charge is -2.09. The van der Waals surface area contributed by atoms with Gasteiger partial charge in [-0.3, -0.25) is 14.3 Å². The van der Waals surface area contributed by atoms with Crippen LogP contribution in [0.2, 0.25) is 0 Å². The molecule has 1 aromatic carbocycles. The quantitative estimate of drug-likeness (QED) is 0.777. The molecule has 110 valence electrons. The maximum atomic E-state index is 12.4. The molecule has 0 saturated carbocycles. The first kappa shape index (κ1) is 14.4. The second-order valence-electron chi connectivity index (χ2n) is 4.58. The first-order chi connectivity index (χ1) is 10.7. The van der Waals surface area contributed by atoms with Crippen molar-refractivity contribution in [3.05, 3.63) is 71.0 Å². The maximum absolute atomic E-state index is 12.4. The number of aromatic nitrogens is 4. The van der Waals surface area contributed by atoms with E-state index in [1.54, 1.807) is 35.7 Å². The molecular weight excluding hydrogens is 346 g/mol. The highest BCUT2D eigenvalue weighted by atomic mass is 79.9. The Morgan fingerprint density at radius 3 is 2.77 bits per heavy atom. The molecule has 3 aromatic rings. The zero-order valence-electron chi connectivity index (χ0n) is 11.5. The van der Waals surface area contributed by atoms with E-state index >= 15 is 0 Å². The molecule has 0 bridgehead atoms. The average molecular weight is 358 g/mol. The highest BCUT2D eigenvalue weighted by Crippen LogP contribution is 2.20. The molecule has 0 spiro atoms. The Balaban J connectivity index is 1.78. The summed E-state index contributed by atoms with van der Waals surface area (Å²) in [4.78, 5) is 16.4. The number of halogens is 1. The van der Waals surface area contributed by atoms with Crippen LogP contribution in [0.1, 0.15) is 15.9 Å². The molecule has 0 aliphatic heterocycles. The molecule has 2 heterocycles. The molecule has 0 aliphatic rings. The van der Waals surface area contributed by atoms with E-state index < -0.39 is 0 Å². The van der Waals surface area contributed by atoms with Gasteiger partial charge in [0.25, 0.3) is 5.91 Å². The minimum absolute atomic E-state index is 0.161. The standard InChI is InChI=1S/C15H12BrN5O/c16-14-4-3-12(21-9-19-20-10-21)6-13(14)15(22)18-8-11-2-1-5-17-7-11/h1-7,9-10H,8H2,(H,18,22). The van der Waals surface area contributed by atoms with E-state index in [-0.39, 0.29) is 5.91 Å². The highest BCUT2D eigenvalue weighted by molar-refractivity contribution is 9.10. The lowest BCUT2D eigenvalue weighted by molar-refractivity contribution is 0.0950. The number of nitrogens with one attached hydrogen (secondary N) is 1. The van der Waals surface area contributed by atoms with Gasteiger partial charge in [-0.2, -0.15) is 0 Å². The summed E-state index contributed by atoms with van der Waals surface area (Å²) in [5, 5.41) is 10.4. The molecule has 0 radical (unpaired) electrons. The molecule has 2 aromatic heterocycles. The van der Waals surface area contributed by atoms with Crippen molar-refractivity contribution in [3.8, 4) is 5.69 Å². The summed E-state index contributed by atoms with van der Waals surface area (Å²) in [5.41, 5.74) is 2.32. The van der Waals surface area contributed by atoms with Gasteiger partial charge in [0.2, 0.25) is 0 Å². The van der Waals surface area contributed by atoms with Gasteiger partial charge in [0.1, 0.15) is 12.7 Å². The smallest absolute Gasteiger partial charge is 0.252 e. The number of hydrogen-bond donors (Lipinski definition) is 1. The molecule has 0 unspecified atom stereocenters. The van der Waals surface area contributed by atoms with E-state index in [4.69, 9.17) is 0 Å². The molecule has 22 heavy (non-hydrogen) atoms. The lowest BCUT2D eigenvalue weighted by Crippen LogP contribution is -2.23. The zero-order chi connectivity index (χ0) is 15.4. The van der Waals surface area contributed by atoms with Crippen LogP contribution in [-0.4, -0.2) is 25.7 Å². The summed E-state index contributed by atoms with van der Waals surface area (Å²) in [6, 6.07) is 9.24. The first-order valence-corrected chi connectivity index (χ1v) is 7.35. The Morgan fingerprint density at radius 1 is 1.23 bits per heavy atom. The topological polar surface area (TPSA) is 72.7 Å². The Morgan fingerprint density at radius 2 is 2.05 bits per heavy atom. The number of hydrogen-bond acceptors (Lipinski definition) is 4. The van der Waals surface area contributed by atoms with Crippen molar-refractivity contribution in [1.82, 2.24) is 25.1 Å². The fourth-order valence-corrected chi connectivity index (χ4v) is 2.39. The van der Waals surface area contributed by atoms with Crippen LogP contribution in [0.25, 0.3) is 5.69 Å². The van der Waals surface area contributed by atoms with Crippen LogP contribution < -0.4 is 5.32 Å². The predicted molar refractivity (Wildman–Crippen MR) is 84.5 cm³/mol. The van der Waals surface area contributed by atoms with Crippen molar-refractivity contribution in [2.75, 3.05) is 0 Å². The van der Waals surface area contributed by atoms with E-state index in [0.29, 0.717) is 12.1 Å². The minimum atomic E-state index is -0.161. The molecule has 0 fully saturated rings. The van der Waals surface area contributed by atoms with Gasteiger partial charge in [-0.25, -0.2) is 0 Å². The first-order valence-electron chi connectivity index (χ1n) is 6.56. The normalized spacial score (nSPS) is 10.4. The van der Waals surface area contributed by atoms with Crippen molar-refractivity contribution >= 4 is 21.8 Å². The Hall–Kier alpha value is -2.54. The van der Waals surface area contributed by atoms with E-state index in [0.717, 1.165) is 15.7 Å². The molecule has 1 amide bonds. The van der Waals surface area contributed by atoms with E-state index in [1.807, 2.05) is 24.3 Å². The summed E-state index contributed by atoms with van der Waals surface area (Å²) in [6.45, 7) is 0.427. The van der Waals surface area contributed by atoms with Crippen LogP contribution in [0.4, 0.5) is 0 Å². The third-order valence-electron chi connectivity index (χ3n) is 3.09. The minimum Gasteiger partial charge on any atom is -0.348 e. The third-order valence-corrected chi connectivity index (χ3v) is 3.78. The number of carbonyl (C=O) groups excluding carboxylic acids is 1. The number of nitrogens with zero attached hydrogens (tertiary/aromatic N) is 4. The van der Waals surface area contributed by atoms with Crippen molar-refractivity contribution in [1.29, 1.82) is 0 Å². The van der Waals surface area contributed by atoms with Crippen LogP contribution in [-0.2, 0) is 6.54 Å². The number of pyridine rings is 1. The Kier molecular flexibility index (Phi) is 4.24. The van der Waals surface area contributed by atoms with Gasteiger partial charge in [0.15, 0.2) is 0 Å². The summed E-state index contributed by atoms with van der Waals surface area (Å²) < 4.78 is 2.47. The Labute approximate surface area is 135 Å². The van der Waals surface area contributed by atoms with E-state index in [1.165, 1.54) is 0 Å². The highest BCUT2D eigenvalue weighted by Gasteiger charge is 2.11.